The Labute approximate surface area is 102 Å². The zero-order valence-corrected chi connectivity index (χ0v) is 12.8. The maximum absolute atomic E-state index is 6.06. The normalized spacial score (nSPS) is 13.3. The fourth-order valence-electron chi connectivity index (χ4n) is 1.32. The molecule has 0 aliphatic heterocycles. The van der Waals surface area contributed by atoms with Crippen LogP contribution in [0.3, 0.4) is 0 Å². The smallest absolute Gasteiger partial charge is 0.241 e. The van der Waals surface area contributed by atoms with Gasteiger partial charge in [-0.3, -0.25) is 0 Å². The molecule has 0 heterocycles. The van der Waals surface area contributed by atoms with Gasteiger partial charge in [0, 0.05) is 19.1 Å². The van der Waals surface area contributed by atoms with Gasteiger partial charge in [0.05, 0.1) is 5.76 Å². The van der Waals surface area contributed by atoms with Crippen LogP contribution in [-0.2, 0) is 9.16 Å². The first-order valence-electron chi connectivity index (χ1n) is 6.33. The predicted octanol–water partition coefficient (Wildman–Crippen LogP) is 4.19. The van der Waals surface area contributed by atoms with Crippen LogP contribution in [0.5, 0.6) is 0 Å². The summed E-state index contributed by atoms with van der Waals surface area (Å²) in [6.45, 7) is 14.8. The molecule has 0 N–H and O–H groups in total. The molecule has 0 fully saturated rings. The number of hydrogen-bond acceptors (Lipinski definition) is 2. The van der Waals surface area contributed by atoms with Crippen LogP contribution < -0.4 is 0 Å². The Balaban J connectivity index is 4.05. The lowest BCUT2D eigenvalue weighted by molar-refractivity contribution is 0.145. The zero-order valence-electron chi connectivity index (χ0n) is 11.8. The molecule has 0 saturated heterocycles. The van der Waals surface area contributed by atoms with E-state index in [-0.39, 0.29) is 0 Å². The molecule has 0 bridgehead atoms. The van der Waals surface area contributed by atoms with Crippen LogP contribution in [0.1, 0.15) is 33.6 Å². The minimum atomic E-state index is -1.46. The highest BCUT2D eigenvalue weighted by Crippen LogP contribution is 2.18. The van der Waals surface area contributed by atoms with E-state index in [1.807, 2.05) is 6.92 Å². The standard InChI is InChI=1S/C13H28O2Si/c1-7-14-11-9-8-10-13(12(2)3)15-16(4,5)6/h10,12H,7-9,11H2,1-6H3/b13-10-. The lowest BCUT2D eigenvalue weighted by Crippen LogP contribution is -2.26. The van der Waals surface area contributed by atoms with Crippen molar-refractivity contribution in [1.82, 2.24) is 0 Å². The molecule has 16 heavy (non-hydrogen) atoms. The van der Waals surface area contributed by atoms with Crippen LogP contribution in [0.4, 0.5) is 0 Å². The van der Waals surface area contributed by atoms with Gasteiger partial charge in [-0.1, -0.05) is 13.8 Å². The van der Waals surface area contributed by atoms with Crippen molar-refractivity contribution in [2.24, 2.45) is 5.92 Å². The van der Waals surface area contributed by atoms with E-state index in [1.54, 1.807) is 0 Å². The second kappa shape index (κ2) is 7.90. The molecule has 0 unspecified atom stereocenters. The average Bonchev–Trinajstić information content (AvgIpc) is 2.13. The maximum atomic E-state index is 6.06. The van der Waals surface area contributed by atoms with Crippen LogP contribution in [0.2, 0.25) is 19.6 Å². The van der Waals surface area contributed by atoms with Gasteiger partial charge in [-0.2, -0.15) is 0 Å². The van der Waals surface area contributed by atoms with E-state index in [0.717, 1.165) is 31.8 Å². The van der Waals surface area contributed by atoms with Gasteiger partial charge in [-0.15, -0.1) is 0 Å². The molecule has 0 amide bonds. The van der Waals surface area contributed by atoms with Gasteiger partial charge in [0.15, 0.2) is 0 Å². The van der Waals surface area contributed by atoms with E-state index in [9.17, 15) is 0 Å². The highest BCUT2D eigenvalue weighted by molar-refractivity contribution is 6.70. The number of allylic oxidation sites excluding steroid dienone is 2. The summed E-state index contributed by atoms with van der Waals surface area (Å²) in [7, 11) is -1.46. The number of hydrogen-bond donors (Lipinski definition) is 0. The van der Waals surface area contributed by atoms with Crippen LogP contribution in [-0.4, -0.2) is 21.5 Å². The maximum Gasteiger partial charge on any atom is 0.241 e. The third-order valence-electron chi connectivity index (χ3n) is 2.04. The van der Waals surface area contributed by atoms with Crippen molar-refractivity contribution in [2.75, 3.05) is 13.2 Å². The summed E-state index contributed by atoms with van der Waals surface area (Å²) in [4.78, 5) is 0. The van der Waals surface area contributed by atoms with Gasteiger partial charge < -0.3 is 9.16 Å². The van der Waals surface area contributed by atoms with Gasteiger partial charge in [0.1, 0.15) is 0 Å². The van der Waals surface area contributed by atoms with Crippen molar-refractivity contribution < 1.29 is 9.16 Å². The Bertz CT molecular complexity index is 204. The highest BCUT2D eigenvalue weighted by atomic mass is 28.4. The molecule has 0 rings (SSSR count). The molecule has 2 nitrogen and oxygen atoms in total. The lowest BCUT2D eigenvalue weighted by atomic mass is 10.1. The Hall–Kier alpha value is -0.283. The third kappa shape index (κ3) is 8.98. The molecule has 0 aromatic heterocycles. The van der Waals surface area contributed by atoms with Crippen molar-refractivity contribution in [3.05, 3.63) is 11.8 Å². The Morgan fingerprint density at radius 1 is 1.25 bits per heavy atom. The summed E-state index contributed by atoms with van der Waals surface area (Å²) in [5.74, 6) is 1.65. The number of rotatable bonds is 8. The van der Waals surface area contributed by atoms with Gasteiger partial charge >= 0.3 is 0 Å². The van der Waals surface area contributed by atoms with Crippen LogP contribution in [0.15, 0.2) is 11.8 Å². The molecule has 0 aromatic carbocycles. The molecule has 0 aromatic rings. The summed E-state index contributed by atoms with van der Waals surface area (Å²) in [5, 5.41) is 0. The molecule has 3 heteroatoms. The molecule has 0 aliphatic carbocycles. The van der Waals surface area contributed by atoms with Crippen molar-refractivity contribution in [1.29, 1.82) is 0 Å². The van der Waals surface area contributed by atoms with E-state index >= 15 is 0 Å². The van der Waals surface area contributed by atoms with E-state index in [1.165, 1.54) is 0 Å². The summed E-state index contributed by atoms with van der Waals surface area (Å²) in [6, 6.07) is 0. The van der Waals surface area contributed by atoms with Gasteiger partial charge in [-0.05, 0) is 45.5 Å². The number of unbranched alkanes of at least 4 members (excludes halogenated alkanes) is 1. The monoisotopic (exact) mass is 244 g/mol. The number of ether oxygens (including phenoxy) is 1. The Morgan fingerprint density at radius 2 is 1.88 bits per heavy atom. The van der Waals surface area contributed by atoms with Crippen LogP contribution in [0, 0.1) is 5.92 Å². The quantitative estimate of drug-likeness (QED) is 0.362. The van der Waals surface area contributed by atoms with Crippen LogP contribution >= 0.6 is 0 Å². The second-order valence-electron chi connectivity index (χ2n) is 5.31. The third-order valence-corrected chi connectivity index (χ3v) is 2.88. The fraction of sp³-hybridized carbons (Fsp3) is 0.846. The van der Waals surface area contributed by atoms with Crippen molar-refractivity contribution in [2.45, 2.75) is 53.3 Å². The summed E-state index contributed by atoms with van der Waals surface area (Å²) >= 11 is 0. The van der Waals surface area contributed by atoms with Crippen LogP contribution in [0.25, 0.3) is 0 Å². The second-order valence-corrected chi connectivity index (χ2v) is 9.74. The molecule has 0 radical (unpaired) electrons. The first kappa shape index (κ1) is 15.7. The zero-order chi connectivity index (χ0) is 12.6. The topological polar surface area (TPSA) is 18.5 Å². The van der Waals surface area contributed by atoms with Gasteiger partial charge in [0.25, 0.3) is 0 Å². The molecular formula is C13H28O2Si. The molecule has 0 spiro atoms. The molecular weight excluding hydrogens is 216 g/mol. The Morgan fingerprint density at radius 3 is 2.31 bits per heavy atom. The predicted molar refractivity (Wildman–Crippen MR) is 73.1 cm³/mol. The summed E-state index contributed by atoms with van der Waals surface area (Å²) < 4.78 is 11.4. The van der Waals surface area contributed by atoms with E-state index in [4.69, 9.17) is 9.16 Å². The highest BCUT2D eigenvalue weighted by Gasteiger charge is 2.18. The van der Waals surface area contributed by atoms with Gasteiger partial charge in [-0.25, -0.2) is 0 Å². The fourth-order valence-corrected chi connectivity index (χ4v) is 2.35. The van der Waals surface area contributed by atoms with Crippen molar-refractivity contribution in [3.8, 4) is 0 Å². The Kier molecular flexibility index (Phi) is 7.76. The summed E-state index contributed by atoms with van der Waals surface area (Å²) in [6.07, 6.45) is 4.37. The van der Waals surface area contributed by atoms with E-state index in [2.05, 4.69) is 39.6 Å². The molecule has 96 valence electrons. The molecule has 0 atom stereocenters. The van der Waals surface area contributed by atoms with Crippen molar-refractivity contribution >= 4 is 8.32 Å². The lowest BCUT2D eigenvalue weighted by Gasteiger charge is -2.24. The largest absolute Gasteiger partial charge is 0.547 e. The first-order chi connectivity index (χ1) is 7.37. The first-order valence-corrected chi connectivity index (χ1v) is 9.74. The SMILES string of the molecule is CCOCCC/C=C(\O[Si](C)(C)C)C(C)C. The minimum absolute atomic E-state index is 0.485. The van der Waals surface area contributed by atoms with Crippen molar-refractivity contribution in [3.63, 3.8) is 0 Å². The molecule has 0 aliphatic rings. The van der Waals surface area contributed by atoms with E-state index < -0.39 is 8.32 Å². The van der Waals surface area contributed by atoms with E-state index in [0.29, 0.717) is 5.92 Å². The molecule has 0 saturated carbocycles. The summed E-state index contributed by atoms with van der Waals surface area (Å²) in [5.41, 5.74) is 0. The minimum Gasteiger partial charge on any atom is -0.547 e. The average molecular weight is 244 g/mol. The van der Waals surface area contributed by atoms with Gasteiger partial charge in [0.2, 0.25) is 8.32 Å².